The molecule has 21 heavy (non-hydrogen) atoms. The molecule has 2 nitrogen and oxygen atoms in total. The number of carbonyl (C=O) groups is 1. The van der Waals surface area contributed by atoms with Crippen LogP contribution in [0, 0.1) is 17.8 Å². The minimum Gasteiger partial charge on any atom is -0.389 e. The first kappa shape index (κ1) is 13.5. The average molecular weight is 284 g/mol. The Morgan fingerprint density at radius 1 is 1.00 bits per heavy atom. The van der Waals surface area contributed by atoms with Crippen molar-refractivity contribution in [3.05, 3.63) is 35.9 Å². The van der Waals surface area contributed by atoms with Crippen molar-refractivity contribution >= 4 is 5.78 Å². The Morgan fingerprint density at radius 2 is 1.81 bits per heavy atom. The van der Waals surface area contributed by atoms with Crippen molar-refractivity contribution in [1.29, 1.82) is 0 Å². The molecule has 0 unspecified atom stereocenters. The minimum atomic E-state index is -0.729. The smallest absolute Gasteiger partial charge is 0.142 e. The van der Waals surface area contributed by atoms with E-state index >= 15 is 0 Å². The lowest BCUT2D eigenvalue weighted by Gasteiger charge is -2.56. The molecule has 0 amide bonds. The van der Waals surface area contributed by atoms with Gasteiger partial charge in [0.25, 0.3) is 0 Å². The van der Waals surface area contributed by atoms with Crippen molar-refractivity contribution in [2.45, 2.75) is 56.5 Å². The number of hydrogen-bond acceptors (Lipinski definition) is 2. The van der Waals surface area contributed by atoms with Crippen molar-refractivity contribution in [1.82, 2.24) is 0 Å². The van der Waals surface area contributed by atoms with Crippen LogP contribution in [0.3, 0.4) is 0 Å². The molecule has 4 rings (SSSR count). The van der Waals surface area contributed by atoms with E-state index in [2.05, 4.69) is 24.3 Å². The van der Waals surface area contributed by atoms with Gasteiger partial charge in [-0.2, -0.15) is 0 Å². The molecule has 0 aliphatic heterocycles. The maximum Gasteiger partial charge on any atom is 0.142 e. The number of hydrogen-bond donors (Lipinski definition) is 1. The van der Waals surface area contributed by atoms with Crippen LogP contribution < -0.4 is 0 Å². The summed E-state index contributed by atoms with van der Waals surface area (Å²) in [7, 11) is 0. The second kappa shape index (κ2) is 4.95. The van der Waals surface area contributed by atoms with Gasteiger partial charge in [0.1, 0.15) is 5.78 Å². The largest absolute Gasteiger partial charge is 0.389 e. The first-order chi connectivity index (χ1) is 10.2. The Balaban J connectivity index is 1.82. The molecule has 3 aliphatic carbocycles. The second-order valence-electron chi connectivity index (χ2n) is 7.27. The van der Waals surface area contributed by atoms with E-state index in [-0.39, 0.29) is 23.7 Å². The third kappa shape index (κ3) is 1.92. The normalized spacial score (nSPS) is 42.4. The Morgan fingerprint density at radius 3 is 2.62 bits per heavy atom. The van der Waals surface area contributed by atoms with Gasteiger partial charge in [0.15, 0.2) is 0 Å². The van der Waals surface area contributed by atoms with Crippen LogP contribution in [-0.4, -0.2) is 16.5 Å². The lowest BCUT2D eigenvalue weighted by Crippen LogP contribution is -2.60. The number of ketones is 1. The first-order valence-corrected chi connectivity index (χ1v) is 8.53. The summed E-state index contributed by atoms with van der Waals surface area (Å²) in [6.45, 7) is 0. The van der Waals surface area contributed by atoms with E-state index in [4.69, 9.17) is 0 Å². The quantitative estimate of drug-likeness (QED) is 0.854. The highest BCUT2D eigenvalue weighted by Gasteiger charge is 2.59. The molecule has 1 aromatic rings. The summed E-state index contributed by atoms with van der Waals surface area (Å²) in [6.07, 6.45) is 7.19. The fraction of sp³-hybridized carbons (Fsp3) is 0.632. The van der Waals surface area contributed by atoms with E-state index in [1.807, 2.05) is 6.07 Å². The summed E-state index contributed by atoms with van der Waals surface area (Å²) in [6, 6.07) is 10.5. The maximum atomic E-state index is 12.9. The van der Waals surface area contributed by atoms with E-state index in [0.717, 1.165) is 38.5 Å². The molecular weight excluding hydrogens is 260 g/mol. The van der Waals surface area contributed by atoms with E-state index in [1.165, 1.54) is 12.0 Å². The summed E-state index contributed by atoms with van der Waals surface area (Å²) in [5, 5.41) is 11.4. The fourth-order valence-electron chi connectivity index (χ4n) is 5.49. The van der Waals surface area contributed by atoms with E-state index in [9.17, 15) is 9.90 Å². The zero-order chi connectivity index (χ0) is 14.4. The fourth-order valence-corrected chi connectivity index (χ4v) is 5.49. The highest BCUT2D eigenvalue weighted by Crippen LogP contribution is 2.57. The van der Waals surface area contributed by atoms with Gasteiger partial charge in [0, 0.05) is 11.8 Å². The number of rotatable bonds is 1. The Hall–Kier alpha value is -1.15. The van der Waals surface area contributed by atoms with E-state index in [1.54, 1.807) is 0 Å². The molecule has 1 aromatic carbocycles. The lowest BCUT2D eigenvalue weighted by molar-refractivity contribution is -0.172. The van der Waals surface area contributed by atoms with Crippen LogP contribution in [-0.2, 0) is 4.79 Å². The SMILES string of the molecule is O=C1[C@H]2CCC[C@@H]1[C@@]1(O)CCCC[C@@H]1[C@@H]2c1ccccc1. The molecule has 0 spiro atoms. The molecule has 0 radical (unpaired) electrons. The van der Waals surface area contributed by atoms with Crippen LogP contribution >= 0.6 is 0 Å². The Labute approximate surface area is 126 Å². The lowest BCUT2D eigenvalue weighted by atomic mass is 9.49. The van der Waals surface area contributed by atoms with Crippen molar-refractivity contribution in [2.24, 2.45) is 17.8 Å². The predicted molar refractivity (Wildman–Crippen MR) is 81.9 cm³/mol. The summed E-state index contributed by atoms with van der Waals surface area (Å²) in [5.41, 5.74) is 0.536. The maximum absolute atomic E-state index is 12.9. The van der Waals surface area contributed by atoms with Crippen LogP contribution in [0.1, 0.15) is 56.4 Å². The van der Waals surface area contributed by atoms with Crippen molar-refractivity contribution in [2.75, 3.05) is 0 Å². The van der Waals surface area contributed by atoms with Crippen molar-refractivity contribution < 1.29 is 9.90 Å². The molecule has 3 fully saturated rings. The van der Waals surface area contributed by atoms with Gasteiger partial charge in [-0.25, -0.2) is 0 Å². The molecule has 3 saturated carbocycles. The van der Waals surface area contributed by atoms with Crippen molar-refractivity contribution in [3.63, 3.8) is 0 Å². The van der Waals surface area contributed by atoms with Crippen LogP contribution in [0.15, 0.2) is 30.3 Å². The molecular formula is C19H24O2. The van der Waals surface area contributed by atoms with Gasteiger partial charge in [-0.1, -0.05) is 49.6 Å². The molecule has 0 heterocycles. The number of Topliss-reactive ketones (excluding diaryl/α,β-unsaturated/α-hetero) is 1. The second-order valence-corrected chi connectivity index (χ2v) is 7.27. The van der Waals surface area contributed by atoms with Crippen LogP contribution in [0.5, 0.6) is 0 Å². The van der Waals surface area contributed by atoms with Gasteiger partial charge >= 0.3 is 0 Å². The van der Waals surface area contributed by atoms with Crippen molar-refractivity contribution in [3.8, 4) is 0 Å². The molecule has 2 bridgehead atoms. The highest BCUT2D eigenvalue weighted by atomic mass is 16.3. The molecule has 5 atom stereocenters. The average Bonchev–Trinajstić information content (AvgIpc) is 2.50. The Bertz CT molecular complexity index is 538. The third-order valence-corrected chi connectivity index (χ3v) is 6.36. The zero-order valence-corrected chi connectivity index (χ0v) is 12.5. The van der Waals surface area contributed by atoms with Gasteiger partial charge in [-0.15, -0.1) is 0 Å². The summed E-state index contributed by atoms with van der Waals surface area (Å²) < 4.78 is 0. The molecule has 1 N–H and O–H groups in total. The molecule has 112 valence electrons. The monoisotopic (exact) mass is 284 g/mol. The van der Waals surface area contributed by atoms with Gasteiger partial charge in [0.05, 0.1) is 5.60 Å². The van der Waals surface area contributed by atoms with Gasteiger partial charge in [-0.3, -0.25) is 4.79 Å². The van der Waals surface area contributed by atoms with Gasteiger partial charge < -0.3 is 5.11 Å². The predicted octanol–water partition coefficient (Wildman–Crippen LogP) is 3.69. The highest BCUT2D eigenvalue weighted by molar-refractivity contribution is 5.87. The third-order valence-electron chi connectivity index (χ3n) is 6.36. The summed E-state index contributed by atoms with van der Waals surface area (Å²) >= 11 is 0. The van der Waals surface area contributed by atoms with Crippen LogP contribution in [0.2, 0.25) is 0 Å². The first-order valence-electron chi connectivity index (χ1n) is 8.53. The number of benzene rings is 1. The number of aliphatic hydroxyl groups is 1. The van der Waals surface area contributed by atoms with Gasteiger partial charge in [0.2, 0.25) is 0 Å². The zero-order valence-electron chi connectivity index (χ0n) is 12.5. The summed E-state index contributed by atoms with van der Waals surface area (Å²) in [4.78, 5) is 12.9. The standard InChI is InChI=1S/C19H24O2/c20-18-14-9-6-11-16(18)19(21)12-5-4-10-15(19)17(14)13-7-2-1-3-8-13/h1-3,7-8,14-17,21H,4-6,9-12H2/t14-,15+,16-,17+,19+/m0/s1. The number of fused-ring (bicyclic) bond motifs is 4. The van der Waals surface area contributed by atoms with Gasteiger partial charge in [-0.05, 0) is 43.1 Å². The van der Waals surface area contributed by atoms with E-state index < -0.39 is 5.60 Å². The minimum absolute atomic E-state index is 0.0819. The topological polar surface area (TPSA) is 37.3 Å². The Kier molecular flexibility index (Phi) is 3.18. The van der Waals surface area contributed by atoms with Crippen LogP contribution in [0.4, 0.5) is 0 Å². The summed E-state index contributed by atoms with van der Waals surface area (Å²) in [5.74, 6) is 0.939. The molecule has 0 saturated heterocycles. The molecule has 0 aromatic heterocycles. The molecule has 2 heteroatoms. The number of carbonyl (C=O) groups excluding carboxylic acids is 1. The van der Waals surface area contributed by atoms with E-state index in [0.29, 0.717) is 5.78 Å². The van der Waals surface area contributed by atoms with Crippen LogP contribution in [0.25, 0.3) is 0 Å². The molecule has 3 aliphatic rings.